The maximum Gasteiger partial charge on any atom is 0.138 e. The number of fused-ring (bicyclic) bond motifs is 3. The topological polar surface area (TPSA) is 44.9 Å². The second-order valence-corrected chi connectivity index (χ2v) is 21.9. The molecule has 0 radical (unpaired) electrons. The Morgan fingerprint density at radius 3 is 1.78 bits per heavy atom. The molecule has 5 heteroatoms. The lowest BCUT2D eigenvalue weighted by molar-refractivity contribution is 0.483. The van der Waals surface area contributed by atoms with Crippen molar-refractivity contribution in [3.63, 3.8) is 0 Å². The van der Waals surface area contributed by atoms with Crippen molar-refractivity contribution in [3.8, 4) is 56.4 Å². The van der Waals surface area contributed by atoms with Crippen LogP contribution in [0, 0.1) is 0 Å². The first-order valence-electron chi connectivity index (χ1n) is 23.0. The SMILES string of the molecule is CC(C)(C)c1cccc(-c2cc(-n3c4ccc(-c5ccccc5)cc4c4ccc(Oc5cccc(-n6cc(-c7cc(C(C)(C)C)cc(C(C)(C)C)c7)cn6)c5)cc43)ncc2C(C)(C)C)c1. The predicted octanol–water partition coefficient (Wildman–Crippen LogP) is 16.3. The number of aromatic nitrogens is 4. The van der Waals surface area contributed by atoms with Gasteiger partial charge in [0.1, 0.15) is 17.3 Å². The highest BCUT2D eigenvalue weighted by atomic mass is 16.5. The van der Waals surface area contributed by atoms with Crippen LogP contribution in [-0.4, -0.2) is 19.3 Å². The Bertz CT molecular complexity index is 3180. The van der Waals surface area contributed by atoms with Gasteiger partial charge in [0.25, 0.3) is 0 Å². The number of rotatable bonds is 7. The highest BCUT2D eigenvalue weighted by Crippen LogP contribution is 2.41. The first-order valence-corrected chi connectivity index (χ1v) is 23.0. The minimum Gasteiger partial charge on any atom is -0.457 e. The Morgan fingerprint density at radius 2 is 1.09 bits per heavy atom. The zero-order valence-electron chi connectivity index (χ0n) is 40.2. The standard InChI is InChI=1S/C60H62N4O/c1-57(2,3)44-21-16-20-41(28-44)51-35-56(61-37-53(51)60(10,11)12)64-54-27-24-40(39-18-14-13-15-19-39)31-52(54)50-26-25-49(34-55(50)64)65-48-23-17-22-47(33-48)63-38-43(36-62-63)42-29-45(58(4,5)6)32-46(30-42)59(7,8)9/h13-38H,1-12H3. The van der Waals surface area contributed by atoms with Gasteiger partial charge in [-0.05, 0) is 114 Å². The molecule has 0 fully saturated rings. The summed E-state index contributed by atoms with van der Waals surface area (Å²) in [4.78, 5) is 5.25. The molecule has 5 nitrogen and oxygen atoms in total. The summed E-state index contributed by atoms with van der Waals surface area (Å²) >= 11 is 0. The van der Waals surface area contributed by atoms with Crippen molar-refractivity contribution in [2.75, 3.05) is 0 Å². The predicted molar refractivity (Wildman–Crippen MR) is 273 cm³/mol. The summed E-state index contributed by atoms with van der Waals surface area (Å²) in [5.74, 6) is 2.32. The van der Waals surface area contributed by atoms with Gasteiger partial charge >= 0.3 is 0 Å². The van der Waals surface area contributed by atoms with Gasteiger partial charge in [-0.15, -0.1) is 0 Å². The number of hydrogen-bond acceptors (Lipinski definition) is 3. The lowest BCUT2D eigenvalue weighted by atomic mass is 9.79. The van der Waals surface area contributed by atoms with Gasteiger partial charge in [0, 0.05) is 40.9 Å². The van der Waals surface area contributed by atoms with Gasteiger partial charge in [-0.2, -0.15) is 5.10 Å². The first-order chi connectivity index (χ1) is 30.7. The quantitative estimate of drug-likeness (QED) is 0.160. The van der Waals surface area contributed by atoms with Gasteiger partial charge in [-0.3, -0.25) is 4.57 Å². The molecule has 9 aromatic rings. The average Bonchev–Trinajstić information content (AvgIpc) is 3.89. The molecule has 0 unspecified atom stereocenters. The summed E-state index contributed by atoms with van der Waals surface area (Å²) in [7, 11) is 0. The molecule has 0 atom stereocenters. The Kier molecular flexibility index (Phi) is 10.8. The minimum atomic E-state index is -0.121. The lowest BCUT2D eigenvalue weighted by Crippen LogP contribution is -2.16. The van der Waals surface area contributed by atoms with E-state index < -0.39 is 0 Å². The fraction of sp³-hybridized carbons (Fsp3) is 0.267. The van der Waals surface area contributed by atoms with E-state index in [0.717, 1.165) is 50.4 Å². The third-order valence-corrected chi connectivity index (χ3v) is 12.7. The third-order valence-electron chi connectivity index (χ3n) is 12.7. The fourth-order valence-corrected chi connectivity index (χ4v) is 8.78. The summed E-state index contributed by atoms with van der Waals surface area (Å²) in [6, 6.07) is 50.2. The van der Waals surface area contributed by atoms with E-state index in [1.54, 1.807) is 0 Å². The Morgan fingerprint density at radius 1 is 0.431 bits per heavy atom. The molecule has 0 aliphatic heterocycles. The number of benzene rings is 6. The van der Waals surface area contributed by atoms with Crippen LogP contribution in [0.1, 0.15) is 105 Å². The molecule has 0 saturated carbocycles. The molecule has 0 amide bonds. The van der Waals surface area contributed by atoms with Crippen LogP contribution in [0.5, 0.6) is 11.5 Å². The Hall–Kier alpha value is -6.72. The minimum absolute atomic E-state index is 0.0173. The van der Waals surface area contributed by atoms with Gasteiger partial charge in [-0.1, -0.05) is 168 Å². The van der Waals surface area contributed by atoms with E-state index in [4.69, 9.17) is 14.8 Å². The molecule has 6 aromatic carbocycles. The van der Waals surface area contributed by atoms with Gasteiger partial charge in [0.05, 0.1) is 22.9 Å². The molecular formula is C60H62N4O. The molecule has 3 heterocycles. The molecule has 0 spiro atoms. The summed E-state index contributed by atoms with van der Waals surface area (Å²) in [5.41, 5.74) is 15.1. The second-order valence-electron chi connectivity index (χ2n) is 21.9. The van der Waals surface area contributed by atoms with Crippen LogP contribution in [-0.2, 0) is 21.7 Å². The highest BCUT2D eigenvalue weighted by molar-refractivity contribution is 6.10. The maximum atomic E-state index is 6.75. The van der Waals surface area contributed by atoms with E-state index >= 15 is 0 Å². The summed E-state index contributed by atoms with van der Waals surface area (Å²) < 4.78 is 11.0. The van der Waals surface area contributed by atoms with Crippen LogP contribution in [0.15, 0.2) is 158 Å². The van der Waals surface area contributed by atoms with Crippen molar-refractivity contribution in [1.82, 2.24) is 19.3 Å². The zero-order chi connectivity index (χ0) is 46.1. The smallest absolute Gasteiger partial charge is 0.138 e. The second kappa shape index (κ2) is 16.1. The number of hydrogen-bond donors (Lipinski definition) is 0. The molecule has 65 heavy (non-hydrogen) atoms. The van der Waals surface area contributed by atoms with Crippen molar-refractivity contribution >= 4 is 21.8 Å². The molecule has 328 valence electrons. The van der Waals surface area contributed by atoms with E-state index in [1.165, 1.54) is 50.1 Å². The van der Waals surface area contributed by atoms with Crippen LogP contribution in [0.3, 0.4) is 0 Å². The Labute approximate surface area is 385 Å². The highest BCUT2D eigenvalue weighted by Gasteiger charge is 2.25. The molecule has 0 saturated heterocycles. The summed E-state index contributed by atoms with van der Waals surface area (Å²) in [6.45, 7) is 27.3. The normalized spacial score (nSPS) is 12.6. The first kappa shape index (κ1) is 43.5. The number of nitrogens with zero attached hydrogens (tertiary/aromatic N) is 4. The van der Waals surface area contributed by atoms with Crippen molar-refractivity contribution < 1.29 is 4.74 Å². The number of ether oxygens (including phenoxy) is 1. The van der Waals surface area contributed by atoms with E-state index in [9.17, 15) is 0 Å². The van der Waals surface area contributed by atoms with Crippen LogP contribution in [0.25, 0.3) is 66.7 Å². The van der Waals surface area contributed by atoms with Crippen molar-refractivity contribution in [1.29, 1.82) is 0 Å². The van der Waals surface area contributed by atoms with E-state index in [-0.39, 0.29) is 21.7 Å². The van der Waals surface area contributed by atoms with Crippen molar-refractivity contribution in [2.45, 2.75) is 105 Å². The van der Waals surface area contributed by atoms with Gasteiger partial charge < -0.3 is 4.74 Å². The Balaban J connectivity index is 1.14. The van der Waals surface area contributed by atoms with Gasteiger partial charge in [0.2, 0.25) is 0 Å². The van der Waals surface area contributed by atoms with Crippen LogP contribution < -0.4 is 4.74 Å². The summed E-state index contributed by atoms with van der Waals surface area (Å²) in [5, 5.41) is 7.14. The molecule has 0 bridgehead atoms. The summed E-state index contributed by atoms with van der Waals surface area (Å²) in [6.07, 6.45) is 6.17. The van der Waals surface area contributed by atoms with Crippen molar-refractivity contribution in [2.24, 2.45) is 0 Å². The molecule has 0 aliphatic rings. The monoisotopic (exact) mass is 854 g/mol. The molecule has 3 aromatic heterocycles. The van der Waals surface area contributed by atoms with Gasteiger partial charge in [-0.25, -0.2) is 9.67 Å². The molecule has 0 aliphatic carbocycles. The maximum absolute atomic E-state index is 6.75. The third kappa shape index (κ3) is 8.77. The van der Waals surface area contributed by atoms with Crippen LogP contribution >= 0.6 is 0 Å². The lowest BCUT2D eigenvalue weighted by Gasteiger charge is -2.26. The molecule has 9 rings (SSSR count). The average molecular weight is 855 g/mol. The fourth-order valence-electron chi connectivity index (χ4n) is 8.78. The van der Waals surface area contributed by atoms with E-state index in [2.05, 4.69) is 227 Å². The zero-order valence-corrected chi connectivity index (χ0v) is 40.2. The van der Waals surface area contributed by atoms with E-state index in [1.807, 2.05) is 23.0 Å². The molecule has 0 N–H and O–H groups in total. The van der Waals surface area contributed by atoms with Crippen molar-refractivity contribution in [3.05, 3.63) is 180 Å². The molecular weight excluding hydrogens is 793 g/mol. The van der Waals surface area contributed by atoms with E-state index in [0.29, 0.717) is 0 Å². The largest absolute Gasteiger partial charge is 0.457 e. The number of pyridine rings is 1. The van der Waals surface area contributed by atoms with Crippen LogP contribution in [0.2, 0.25) is 0 Å². The van der Waals surface area contributed by atoms with Crippen LogP contribution in [0.4, 0.5) is 0 Å². The van der Waals surface area contributed by atoms with Gasteiger partial charge in [0.15, 0.2) is 0 Å².